The molecule has 1 aromatic rings. The molecular weight excluding hydrogens is 316 g/mol. The van der Waals surface area contributed by atoms with E-state index < -0.39 is 5.60 Å². The van der Waals surface area contributed by atoms with Gasteiger partial charge in [0.05, 0.1) is 5.60 Å². The molecule has 1 atom stereocenters. The fourth-order valence-corrected chi connectivity index (χ4v) is 3.50. The van der Waals surface area contributed by atoms with Crippen LogP contribution in [0.2, 0.25) is 0 Å². The van der Waals surface area contributed by atoms with E-state index in [4.69, 9.17) is 0 Å². The molecule has 0 spiro atoms. The minimum absolute atomic E-state index is 0.185. The molecule has 1 aliphatic heterocycles. The Morgan fingerprint density at radius 1 is 1.16 bits per heavy atom. The first kappa shape index (κ1) is 18.0. The van der Waals surface area contributed by atoms with Gasteiger partial charge in [0.2, 0.25) is 0 Å². The first-order chi connectivity index (χ1) is 12.1. The van der Waals surface area contributed by atoms with Crippen molar-refractivity contribution in [2.45, 2.75) is 37.8 Å². The summed E-state index contributed by atoms with van der Waals surface area (Å²) in [5.41, 5.74) is 0.609. The Kier molecular flexibility index (Phi) is 5.81. The molecule has 6 nitrogen and oxygen atoms in total. The van der Waals surface area contributed by atoms with E-state index in [1.165, 1.54) is 5.69 Å². The van der Waals surface area contributed by atoms with Gasteiger partial charge < -0.3 is 20.6 Å². The van der Waals surface area contributed by atoms with E-state index in [9.17, 15) is 9.90 Å². The van der Waals surface area contributed by atoms with E-state index in [0.29, 0.717) is 19.1 Å². The minimum atomic E-state index is -0.670. The van der Waals surface area contributed by atoms with Gasteiger partial charge in [-0.2, -0.15) is 0 Å². The molecule has 1 aliphatic carbocycles. The summed E-state index contributed by atoms with van der Waals surface area (Å²) in [6, 6.07) is 10.6. The molecule has 2 amide bonds. The van der Waals surface area contributed by atoms with E-state index in [2.05, 4.69) is 51.6 Å². The Hall–Kier alpha value is -1.79. The van der Waals surface area contributed by atoms with Gasteiger partial charge in [-0.15, -0.1) is 0 Å². The molecule has 2 aliphatic rings. The molecule has 0 radical (unpaired) electrons. The number of benzene rings is 1. The van der Waals surface area contributed by atoms with Crippen LogP contribution in [0.25, 0.3) is 0 Å². The third kappa shape index (κ3) is 4.86. The van der Waals surface area contributed by atoms with Crippen molar-refractivity contribution < 1.29 is 9.90 Å². The maximum absolute atomic E-state index is 11.9. The lowest BCUT2D eigenvalue weighted by atomic mass is 9.80. The Balaban J connectivity index is 1.35. The molecule has 25 heavy (non-hydrogen) atoms. The maximum Gasteiger partial charge on any atom is 0.314 e. The normalized spacial score (nSPS) is 21.3. The molecule has 2 fully saturated rings. The number of amides is 2. The Morgan fingerprint density at radius 3 is 2.44 bits per heavy atom. The van der Waals surface area contributed by atoms with Crippen LogP contribution in [0.1, 0.15) is 26.2 Å². The topological polar surface area (TPSA) is 67.8 Å². The molecule has 1 saturated heterocycles. The van der Waals surface area contributed by atoms with Gasteiger partial charge in [0.1, 0.15) is 0 Å². The largest absolute Gasteiger partial charge is 0.388 e. The predicted molar refractivity (Wildman–Crippen MR) is 99.9 cm³/mol. The first-order valence-corrected chi connectivity index (χ1v) is 9.34. The van der Waals surface area contributed by atoms with Gasteiger partial charge in [0.25, 0.3) is 0 Å². The summed E-state index contributed by atoms with van der Waals surface area (Å²) in [4.78, 5) is 16.7. The fourth-order valence-electron chi connectivity index (χ4n) is 3.50. The second kappa shape index (κ2) is 8.06. The van der Waals surface area contributed by atoms with Gasteiger partial charge in [0, 0.05) is 51.0 Å². The number of nitrogens with zero attached hydrogens (tertiary/aromatic N) is 2. The average Bonchev–Trinajstić information content (AvgIpc) is 2.63. The van der Waals surface area contributed by atoms with Crippen molar-refractivity contribution in [3.63, 3.8) is 0 Å². The first-order valence-electron chi connectivity index (χ1n) is 9.34. The van der Waals surface area contributed by atoms with Crippen LogP contribution in [0.5, 0.6) is 0 Å². The summed E-state index contributed by atoms with van der Waals surface area (Å²) >= 11 is 0. The summed E-state index contributed by atoms with van der Waals surface area (Å²) in [5.74, 6) is 0. The molecule has 0 bridgehead atoms. The van der Waals surface area contributed by atoms with Crippen LogP contribution in [0.4, 0.5) is 10.5 Å². The molecule has 3 rings (SSSR count). The van der Waals surface area contributed by atoms with Gasteiger partial charge in [0.15, 0.2) is 0 Å². The van der Waals surface area contributed by atoms with Crippen molar-refractivity contribution >= 4 is 11.7 Å². The number of piperazine rings is 1. The zero-order valence-electron chi connectivity index (χ0n) is 15.1. The third-order valence-electron chi connectivity index (χ3n) is 5.48. The maximum atomic E-state index is 11.9. The lowest BCUT2D eigenvalue weighted by Crippen LogP contribution is -2.54. The van der Waals surface area contributed by atoms with Crippen LogP contribution in [-0.2, 0) is 0 Å². The van der Waals surface area contributed by atoms with Crippen LogP contribution in [0.3, 0.4) is 0 Å². The smallest absolute Gasteiger partial charge is 0.314 e. The molecule has 3 N–H and O–H groups in total. The highest BCUT2D eigenvalue weighted by Crippen LogP contribution is 2.30. The predicted octanol–water partition coefficient (Wildman–Crippen LogP) is 1.41. The summed E-state index contributed by atoms with van der Waals surface area (Å²) in [6.07, 6.45) is 2.62. The number of hydrogen-bond donors (Lipinski definition) is 3. The number of carbonyl (C=O) groups excluding carboxylic acids is 1. The van der Waals surface area contributed by atoms with Crippen LogP contribution in [0.15, 0.2) is 30.3 Å². The second-order valence-electron chi connectivity index (χ2n) is 7.35. The highest BCUT2D eigenvalue weighted by molar-refractivity contribution is 5.73. The molecule has 1 aromatic carbocycles. The van der Waals surface area contributed by atoms with Crippen LogP contribution in [-0.4, -0.2) is 66.9 Å². The fraction of sp³-hybridized carbons (Fsp3) is 0.632. The van der Waals surface area contributed by atoms with E-state index >= 15 is 0 Å². The van der Waals surface area contributed by atoms with Crippen molar-refractivity contribution in [2.24, 2.45) is 0 Å². The van der Waals surface area contributed by atoms with Gasteiger partial charge in [-0.25, -0.2) is 4.79 Å². The highest BCUT2D eigenvalue weighted by Gasteiger charge is 2.34. The van der Waals surface area contributed by atoms with Gasteiger partial charge in [-0.3, -0.25) is 4.90 Å². The van der Waals surface area contributed by atoms with Gasteiger partial charge in [-0.1, -0.05) is 18.2 Å². The Labute approximate surface area is 150 Å². The zero-order valence-corrected chi connectivity index (χ0v) is 15.1. The van der Waals surface area contributed by atoms with Crippen LogP contribution in [0, 0.1) is 0 Å². The SMILES string of the molecule is CC(CNC(=O)NCC1(O)CCC1)N1CCN(c2ccccc2)CC1. The molecule has 138 valence electrons. The molecule has 1 saturated carbocycles. The van der Waals surface area contributed by atoms with Gasteiger partial charge >= 0.3 is 6.03 Å². The molecule has 6 heteroatoms. The lowest BCUT2D eigenvalue weighted by molar-refractivity contribution is -0.0290. The monoisotopic (exact) mass is 346 g/mol. The highest BCUT2D eigenvalue weighted by atomic mass is 16.3. The van der Waals surface area contributed by atoms with E-state index in [1.807, 2.05) is 6.07 Å². The Morgan fingerprint density at radius 2 is 1.84 bits per heavy atom. The Bertz CT molecular complexity index is 554. The summed E-state index contributed by atoms with van der Waals surface area (Å²) in [7, 11) is 0. The van der Waals surface area contributed by atoms with E-state index in [0.717, 1.165) is 45.4 Å². The minimum Gasteiger partial charge on any atom is -0.388 e. The summed E-state index contributed by atoms with van der Waals surface area (Å²) < 4.78 is 0. The van der Waals surface area contributed by atoms with Crippen molar-refractivity contribution in [1.29, 1.82) is 0 Å². The molecule has 1 heterocycles. The number of carbonyl (C=O) groups is 1. The van der Waals surface area contributed by atoms with Crippen molar-refractivity contribution in [3.05, 3.63) is 30.3 Å². The standard InChI is InChI=1S/C19H30N4O2/c1-16(14-20-18(24)21-15-19(25)8-5-9-19)22-10-12-23(13-11-22)17-6-3-2-4-7-17/h2-4,6-7,16,25H,5,8-15H2,1H3,(H2,20,21,24). The number of anilines is 1. The lowest BCUT2D eigenvalue weighted by Gasteiger charge is -2.39. The van der Waals surface area contributed by atoms with Gasteiger partial charge in [-0.05, 0) is 38.3 Å². The number of hydrogen-bond acceptors (Lipinski definition) is 4. The molecule has 1 unspecified atom stereocenters. The van der Waals surface area contributed by atoms with Crippen molar-refractivity contribution in [3.8, 4) is 0 Å². The number of aliphatic hydroxyl groups is 1. The summed E-state index contributed by atoms with van der Waals surface area (Å²) in [6.45, 7) is 7.13. The quantitative estimate of drug-likeness (QED) is 0.729. The van der Waals surface area contributed by atoms with E-state index in [1.54, 1.807) is 0 Å². The van der Waals surface area contributed by atoms with Crippen molar-refractivity contribution in [1.82, 2.24) is 15.5 Å². The average molecular weight is 346 g/mol. The summed E-state index contributed by atoms with van der Waals surface area (Å²) in [5, 5.41) is 15.7. The van der Waals surface area contributed by atoms with Crippen molar-refractivity contribution in [2.75, 3.05) is 44.2 Å². The molecular formula is C19H30N4O2. The van der Waals surface area contributed by atoms with Crippen LogP contribution < -0.4 is 15.5 Å². The second-order valence-corrected chi connectivity index (χ2v) is 7.35. The zero-order chi connectivity index (χ0) is 17.7. The number of nitrogens with one attached hydrogen (secondary N) is 2. The molecule has 0 aromatic heterocycles. The number of para-hydroxylation sites is 1. The van der Waals surface area contributed by atoms with Crippen LogP contribution >= 0.6 is 0 Å². The third-order valence-corrected chi connectivity index (χ3v) is 5.48. The van der Waals surface area contributed by atoms with E-state index in [-0.39, 0.29) is 6.03 Å². The number of urea groups is 1. The number of rotatable bonds is 6.